The van der Waals surface area contributed by atoms with E-state index in [1.807, 2.05) is 0 Å². The van der Waals surface area contributed by atoms with E-state index in [1.165, 1.54) is 101 Å². The van der Waals surface area contributed by atoms with Crippen LogP contribution in [0.1, 0.15) is 123 Å². The maximum Gasteiger partial charge on any atom is 0.0344 e. The van der Waals surface area contributed by atoms with Crippen LogP contribution in [0.25, 0.3) is 0 Å². The van der Waals surface area contributed by atoms with Gasteiger partial charge in [-0.2, -0.15) is 5.06 Å². The third kappa shape index (κ3) is 16.6. The van der Waals surface area contributed by atoms with E-state index in [4.69, 9.17) is 0 Å². The Kier molecular flexibility index (Phi) is 18.2. The maximum atomic E-state index is 9.46. The Bertz CT molecular complexity index is 218. The molecule has 0 fully saturated rings. The first-order valence-electron chi connectivity index (χ1n) is 10.6. The molecule has 23 heavy (non-hydrogen) atoms. The molecular weight excluding hydrogens is 282 g/mol. The van der Waals surface area contributed by atoms with Gasteiger partial charge in [-0.25, -0.2) is 0 Å². The highest BCUT2D eigenvalue weighted by Crippen LogP contribution is 2.15. The number of hydrogen-bond acceptors (Lipinski definition) is 2. The predicted octanol–water partition coefficient (Wildman–Crippen LogP) is 7.35. The molecular formula is C21H45NO. The second kappa shape index (κ2) is 18.3. The Morgan fingerprint density at radius 2 is 0.957 bits per heavy atom. The van der Waals surface area contributed by atoms with Crippen LogP contribution in [0.3, 0.4) is 0 Å². The van der Waals surface area contributed by atoms with Crippen LogP contribution in [0.2, 0.25) is 0 Å². The summed E-state index contributed by atoms with van der Waals surface area (Å²) in [6, 6.07) is 0.358. The lowest BCUT2D eigenvalue weighted by molar-refractivity contribution is -0.105. The normalized spacial score (nSPS) is 12.9. The van der Waals surface area contributed by atoms with E-state index in [9.17, 15) is 5.21 Å². The lowest BCUT2D eigenvalue weighted by Gasteiger charge is -2.20. The quantitative estimate of drug-likeness (QED) is 0.210. The summed E-state index contributed by atoms with van der Waals surface area (Å²) in [4.78, 5) is 0. The molecule has 1 unspecified atom stereocenters. The Morgan fingerprint density at radius 1 is 0.609 bits per heavy atom. The highest BCUT2D eigenvalue weighted by atomic mass is 16.5. The fourth-order valence-electron chi connectivity index (χ4n) is 3.41. The molecule has 0 spiro atoms. The zero-order valence-corrected chi connectivity index (χ0v) is 16.5. The minimum atomic E-state index is 0.358. The molecule has 2 heteroatoms. The smallest absolute Gasteiger partial charge is 0.0344 e. The Hall–Kier alpha value is -0.0800. The second-order valence-corrected chi connectivity index (χ2v) is 7.37. The van der Waals surface area contributed by atoms with Gasteiger partial charge >= 0.3 is 0 Å². The maximum absolute atomic E-state index is 9.46. The third-order valence-corrected chi connectivity index (χ3v) is 5.14. The average molecular weight is 328 g/mol. The first-order chi connectivity index (χ1) is 11.2. The van der Waals surface area contributed by atoms with Crippen molar-refractivity contribution < 1.29 is 5.21 Å². The average Bonchev–Trinajstić information content (AvgIpc) is 2.54. The minimum absolute atomic E-state index is 0.358. The lowest BCUT2D eigenvalue weighted by Crippen LogP contribution is -2.27. The number of rotatable bonds is 18. The van der Waals surface area contributed by atoms with Crippen LogP contribution in [0, 0.1) is 0 Å². The molecule has 2 nitrogen and oxygen atoms in total. The fourth-order valence-corrected chi connectivity index (χ4v) is 3.41. The summed E-state index contributed by atoms with van der Waals surface area (Å²) in [6.45, 7) is 4.44. The van der Waals surface area contributed by atoms with Crippen molar-refractivity contribution in [1.29, 1.82) is 0 Å². The molecule has 0 rings (SSSR count). The fraction of sp³-hybridized carbons (Fsp3) is 1.00. The predicted molar refractivity (Wildman–Crippen MR) is 103 cm³/mol. The van der Waals surface area contributed by atoms with Crippen molar-refractivity contribution in [3.05, 3.63) is 0 Å². The van der Waals surface area contributed by atoms with Gasteiger partial charge in [-0.05, 0) is 12.8 Å². The Morgan fingerprint density at radius 3 is 1.26 bits per heavy atom. The van der Waals surface area contributed by atoms with Crippen LogP contribution in [0.5, 0.6) is 0 Å². The molecule has 0 aliphatic rings. The molecule has 0 aromatic heterocycles. The highest BCUT2D eigenvalue weighted by Gasteiger charge is 2.09. The summed E-state index contributed by atoms with van der Waals surface area (Å²) in [5.74, 6) is 0. The van der Waals surface area contributed by atoms with Gasteiger partial charge in [0.15, 0.2) is 0 Å². The number of hydroxylamine groups is 2. The minimum Gasteiger partial charge on any atom is -0.314 e. The van der Waals surface area contributed by atoms with Gasteiger partial charge in [0.05, 0.1) is 0 Å². The van der Waals surface area contributed by atoms with Crippen molar-refractivity contribution in [2.75, 3.05) is 7.05 Å². The van der Waals surface area contributed by atoms with Crippen LogP contribution in [-0.2, 0) is 0 Å². The van der Waals surface area contributed by atoms with Gasteiger partial charge < -0.3 is 5.21 Å². The summed E-state index contributed by atoms with van der Waals surface area (Å²) >= 11 is 0. The SMILES string of the molecule is CCCCCCCCCCCCCCCCCC(CC)N(C)O. The molecule has 0 saturated heterocycles. The molecule has 0 radical (unpaired) electrons. The molecule has 0 aliphatic heterocycles. The summed E-state index contributed by atoms with van der Waals surface area (Å²) in [7, 11) is 1.78. The van der Waals surface area contributed by atoms with Crippen molar-refractivity contribution in [3.63, 3.8) is 0 Å². The van der Waals surface area contributed by atoms with Gasteiger partial charge in [0.2, 0.25) is 0 Å². The number of nitrogens with zero attached hydrogens (tertiary/aromatic N) is 1. The molecule has 0 amide bonds. The van der Waals surface area contributed by atoms with E-state index in [0.717, 1.165) is 12.8 Å². The van der Waals surface area contributed by atoms with Crippen LogP contribution >= 0.6 is 0 Å². The topological polar surface area (TPSA) is 23.5 Å². The van der Waals surface area contributed by atoms with Crippen molar-refractivity contribution >= 4 is 0 Å². The third-order valence-electron chi connectivity index (χ3n) is 5.14. The molecule has 0 heterocycles. The summed E-state index contributed by atoms with van der Waals surface area (Å²) in [6.07, 6.45) is 23.4. The number of unbranched alkanes of at least 4 members (excludes halogenated alkanes) is 14. The van der Waals surface area contributed by atoms with Crippen LogP contribution in [-0.4, -0.2) is 23.4 Å². The molecule has 0 saturated carbocycles. The first kappa shape index (κ1) is 22.9. The number of hydrogen-bond donors (Lipinski definition) is 1. The molecule has 1 N–H and O–H groups in total. The van der Waals surface area contributed by atoms with E-state index in [-0.39, 0.29) is 0 Å². The van der Waals surface area contributed by atoms with Gasteiger partial charge in [0.25, 0.3) is 0 Å². The van der Waals surface area contributed by atoms with Crippen molar-refractivity contribution in [2.24, 2.45) is 0 Å². The van der Waals surface area contributed by atoms with Crippen molar-refractivity contribution in [2.45, 2.75) is 129 Å². The van der Waals surface area contributed by atoms with Gasteiger partial charge in [0, 0.05) is 13.1 Å². The van der Waals surface area contributed by atoms with Crippen molar-refractivity contribution in [1.82, 2.24) is 5.06 Å². The molecule has 0 aliphatic carbocycles. The molecule has 0 aromatic rings. The summed E-state index contributed by atoms with van der Waals surface area (Å²) < 4.78 is 0. The molecule has 140 valence electrons. The monoisotopic (exact) mass is 327 g/mol. The van der Waals surface area contributed by atoms with Gasteiger partial charge in [0.1, 0.15) is 0 Å². The van der Waals surface area contributed by atoms with E-state index in [1.54, 1.807) is 7.05 Å². The van der Waals surface area contributed by atoms with Gasteiger partial charge in [-0.1, -0.05) is 110 Å². The standard InChI is InChI=1S/C21H45NO/c1-4-6-7-8-9-10-11-12-13-14-15-16-17-18-19-20-21(5-2)22(3)23/h21,23H,4-20H2,1-3H3. The van der Waals surface area contributed by atoms with Gasteiger partial charge in [-0.15, -0.1) is 0 Å². The highest BCUT2D eigenvalue weighted by molar-refractivity contribution is 4.61. The van der Waals surface area contributed by atoms with Crippen LogP contribution in [0.15, 0.2) is 0 Å². The summed E-state index contributed by atoms with van der Waals surface area (Å²) in [5, 5.41) is 10.9. The van der Waals surface area contributed by atoms with E-state index in [2.05, 4.69) is 13.8 Å². The zero-order valence-electron chi connectivity index (χ0n) is 16.5. The largest absolute Gasteiger partial charge is 0.314 e. The molecule has 1 atom stereocenters. The lowest BCUT2D eigenvalue weighted by atomic mass is 10.0. The Labute approximate surface area is 147 Å². The van der Waals surface area contributed by atoms with Crippen molar-refractivity contribution in [3.8, 4) is 0 Å². The van der Waals surface area contributed by atoms with Gasteiger partial charge in [-0.3, -0.25) is 0 Å². The van der Waals surface area contributed by atoms with E-state index < -0.39 is 0 Å². The van der Waals surface area contributed by atoms with Crippen LogP contribution < -0.4 is 0 Å². The summed E-state index contributed by atoms with van der Waals surface area (Å²) in [5.41, 5.74) is 0. The molecule has 0 bridgehead atoms. The molecule has 0 aromatic carbocycles. The first-order valence-corrected chi connectivity index (χ1v) is 10.6. The Balaban J connectivity index is 3.10. The van der Waals surface area contributed by atoms with E-state index in [0.29, 0.717) is 6.04 Å². The second-order valence-electron chi connectivity index (χ2n) is 7.37. The van der Waals surface area contributed by atoms with Crippen LogP contribution in [0.4, 0.5) is 0 Å². The zero-order chi connectivity index (χ0) is 17.2. The van der Waals surface area contributed by atoms with E-state index >= 15 is 0 Å².